The molecule has 0 saturated heterocycles. The quantitative estimate of drug-likeness (QED) is 0.775. The maximum atomic E-state index is 11.0. The summed E-state index contributed by atoms with van der Waals surface area (Å²) in [5.41, 5.74) is 4.29. The third-order valence-corrected chi connectivity index (χ3v) is 4.07. The molecule has 3 nitrogen and oxygen atoms in total. The van der Waals surface area contributed by atoms with Gasteiger partial charge in [0.2, 0.25) is 0 Å². The summed E-state index contributed by atoms with van der Waals surface area (Å²) >= 11 is 1.52. The van der Waals surface area contributed by atoms with Crippen molar-refractivity contribution < 1.29 is 9.90 Å². The molecule has 0 aliphatic rings. The molecule has 0 aliphatic carbocycles. The van der Waals surface area contributed by atoms with Crippen LogP contribution in [0.2, 0.25) is 0 Å². The van der Waals surface area contributed by atoms with Gasteiger partial charge in [0, 0.05) is 16.5 Å². The third-order valence-electron chi connectivity index (χ3n) is 3.17. The van der Waals surface area contributed by atoms with Gasteiger partial charge in [-0.05, 0) is 25.1 Å². The van der Waals surface area contributed by atoms with Gasteiger partial charge in [0.1, 0.15) is 5.01 Å². The van der Waals surface area contributed by atoms with E-state index in [1.165, 1.54) is 16.9 Å². The first-order valence-electron chi connectivity index (χ1n) is 6.50. The zero-order valence-corrected chi connectivity index (χ0v) is 12.2. The molecule has 1 N–H and O–H groups in total. The SMILES string of the molecule is Cc1cccc(-c2csc(-c3cccc(C(=O)O)c3)n2)c1. The Morgan fingerprint density at radius 2 is 1.86 bits per heavy atom. The average Bonchev–Trinajstić information content (AvgIpc) is 2.97. The minimum Gasteiger partial charge on any atom is -0.478 e. The van der Waals surface area contributed by atoms with Crippen LogP contribution in [0.15, 0.2) is 53.9 Å². The minimum atomic E-state index is -0.924. The maximum Gasteiger partial charge on any atom is 0.335 e. The number of carboxylic acid groups (broad SMARTS) is 1. The van der Waals surface area contributed by atoms with Crippen LogP contribution in [0, 0.1) is 6.92 Å². The molecule has 0 fully saturated rings. The van der Waals surface area contributed by atoms with Crippen LogP contribution in [-0.4, -0.2) is 16.1 Å². The molecule has 0 spiro atoms. The number of aromatic nitrogens is 1. The lowest BCUT2D eigenvalue weighted by atomic mass is 10.1. The lowest BCUT2D eigenvalue weighted by Gasteiger charge is -2.00. The lowest BCUT2D eigenvalue weighted by molar-refractivity contribution is 0.0697. The molecule has 3 aromatic rings. The van der Waals surface area contributed by atoms with E-state index >= 15 is 0 Å². The predicted octanol–water partition coefficient (Wildman–Crippen LogP) is 4.48. The summed E-state index contributed by atoms with van der Waals surface area (Å²) in [4.78, 5) is 15.6. The van der Waals surface area contributed by atoms with E-state index in [1.54, 1.807) is 18.2 Å². The van der Waals surface area contributed by atoms with Crippen molar-refractivity contribution in [3.8, 4) is 21.8 Å². The molecule has 104 valence electrons. The van der Waals surface area contributed by atoms with Crippen molar-refractivity contribution >= 4 is 17.3 Å². The number of aromatic carboxylic acids is 1. The second-order valence-electron chi connectivity index (χ2n) is 4.79. The second-order valence-corrected chi connectivity index (χ2v) is 5.65. The molecule has 0 amide bonds. The summed E-state index contributed by atoms with van der Waals surface area (Å²) in [5, 5.41) is 11.9. The van der Waals surface area contributed by atoms with Crippen molar-refractivity contribution in [2.75, 3.05) is 0 Å². The number of carbonyl (C=O) groups is 1. The van der Waals surface area contributed by atoms with Crippen molar-refractivity contribution in [2.45, 2.75) is 6.92 Å². The Balaban J connectivity index is 1.98. The first-order valence-corrected chi connectivity index (χ1v) is 7.38. The Labute approximate surface area is 126 Å². The van der Waals surface area contributed by atoms with Gasteiger partial charge in [-0.3, -0.25) is 0 Å². The summed E-state index contributed by atoms with van der Waals surface area (Å²) in [6, 6.07) is 15.0. The zero-order valence-electron chi connectivity index (χ0n) is 11.4. The smallest absolute Gasteiger partial charge is 0.335 e. The molecule has 1 heterocycles. The van der Waals surface area contributed by atoms with Crippen LogP contribution in [0.5, 0.6) is 0 Å². The molecule has 0 saturated carbocycles. The molecule has 3 rings (SSSR count). The van der Waals surface area contributed by atoms with Crippen LogP contribution in [0.4, 0.5) is 0 Å². The van der Waals surface area contributed by atoms with E-state index in [2.05, 4.69) is 11.1 Å². The Kier molecular flexibility index (Phi) is 3.54. The van der Waals surface area contributed by atoms with Crippen molar-refractivity contribution in [3.63, 3.8) is 0 Å². The zero-order chi connectivity index (χ0) is 14.8. The number of hydrogen-bond donors (Lipinski definition) is 1. The molecular formula is C17H13NO2S. The van der Waals surface area contributed by atoms with Gasteiger partial charge in [-0.15, -0.1) is 11.3 Å². The van der Waals surface area contributed by atoms with Crippen molar-refractivity contribution in [1.29, 1.82) is 0 Å². The van der Waals surface area contributed by atoms with Crippen molar-refractivity contribution in [1.82, 2.24) is 4.98 Å². The van der Waals surface area contributed by atoms with Crippen LogP contribution in [0.25, 0.3) is 21.8 Å². The first-order chi connectivity index (χ1) is 10.1. The lowest BCUT2D eigenvalue weighted by Crippen LogP contribution is -1.95. The topological polar surface area (TPSA) is 50.2 Å². The van der Waals surface area contributed by atoms with E-state index in [0.29, 0.717) is 0 Å². The van der Waals surface area contributed by atoms with Crippen LogP contribution >= 0.6 is 11.3 Å². The van der Waals surface area contributed by atoms with E-state index in [-0.39, 0.29) is 5.56 Å². The number of nitrogens with zero attached hydrogens (tertiary/aromatic N) is 1. The number of benzene rings is 2. The van der Waals surface area contributed by atoms with E-state index < -0.39 is 5.97 Å². The van der Waals surface area contributed by atoms with Crippen LogP contribution < -0.4 is 0 Å². The number of thiazole rings is 1. The summed E-state index contributed by atoms with van der Waals surface area (Å²) in [5.74, 6) is -0.924. The highest BCUT2D eigenvalue weighted by Gasteiger charge is 2.09. The molecule has 0 radical (unpaired) electrons. The monoisotopic (exact) mass is 295 g/mol. The van der Waals surface area contributed by atoms with E-state index in [1.807, 2.05) is 36.6 Å². The Morgan fingerprint density at radius 1 is 1.10 bits per heavy atom. The molecule has 0 aliphatic heterocycles. The molecule has 0 unspecified atom stereocenters. The summed E-state index contributed by atoms with van der Waals surface area (Å²) < 4.78 is 0. The number of aryl methyl sites for hydroxylation is 1. The minimum absolute atomic E-state index is 0.278. The molecule has 4 heteroatoms. The van der Waals surface area contributed by atoms with Crippen LogP contribution in [0.1, 0.15) is 15.9 Å². The molecule has 2 aromatic carbocycles. The van der Waals surface area contributed by atoms with Crippen LogP contribution in [-0.2, 0) is 0 Å². The molecule has 0 atom stereocenters. The van der Waals surface area contributed by atoms with Gasteiger partial charge >= 0.3 is 5.97 Å². The summed E-state index contributed by atoms with van der Waals surface area (Å²) in [6.45, 7) is 2.05. The highest BCUT2D eigenvalue weighted by Crippen LogP contribution is 2.29. The van der Waals surface area contributed by atoms with Gasteiger partial charge in [-0.25, -0.2) is 9.78 Å². The van der Waals surface area contributed by atoms with E-state index in [0.717, 1.165) is 21.8 Å². The van der Waals surface area contributed by atoms with Crippen molar-refractivity contribution in [2.24, 2.45) is 0 Å². The second kappa shape index (κ2) is 5.50. The van der Waals surface area contributed by atoms with Crippen LogP contribution in [0.3, 0.4) is 0 Å². The van der Waals surface area contributed by atoms with Gasteiger partial charge in [-0.2, -0.15) is 0 Å². The van der Waals surface area contributed by atoms with E-state index in [4.69, 9.17) is 5.11 Å². The molecular weight excluding hydrogens is 282 g/mol. The fourth-order valence-electron chi connectivity index (χ4n) is 2.13. The Morgan fingerprint density at radius 3 is 2.62 bits per heavy atom. The fourth-order valence-corrected chi connectivity index (χ4v) is 2.95. The largest absolute Gasteiger partial charge is 0.478 e. The highest BCUT2D eigenvalue weighted by molar-refractivity contribution is 7.13. The van der Waals surface area contributed by atoms with Crippen molar-refractivity contribution in [3.05, 3.63) is 65.0 Å². The Hall–Kier alpha value is -2.46. The first kappa shape index (κ1) is 13.5. The van der Waals surface area contributed by atoms with Gasteiger partial charge in [0.25, 0.3) is 0 Å². The Bertz CT molecular complexity index is 808. The summed E-state index contributed by atoms with van der Waals surface area (Å²) in [6.07, 6.45) is 0. The third kappa shape index (κ3) is 2.85. The average molecular weight is 295 g/mol. The summed E-state index contributed by atoms with van der Waals surface area (Å²) in [7, 11) is 0. The van der Waals surface area contributed by atoms with Gasteiger partial charge in [0.05, 0.1) is 11.3 Å². The predicted molar refractivity (Wildman–Crippen MR) is 84.7 cm³/mol. The van der Waals surface area contributed by atoms with Gasteiger partial charge in [0.15, 0.2) is 0 Å². The molecule has 21 heavy (non-hydrogen) atoms. The molecule has 1 aromatic heterocycles. The maximum absolute atomic E-state index is 11.0. The normalized spacial score (nSPS) is 10.5. The van der Waals surface area contributed by atoms with Gasteiger partial charge < -0.3 is 5.11 Å². The number of rotatable bonds is 3. The number of hydrogen-bond acceptors (Lipinski definition) is 3. The fraction of sp³-hybridized carbons (Fsp3) is 0.0588. The van der Waals surface area contributed by atoms with Gasteiger partial charge in [-0.1, -0.05) is 35.9 Å². The molecule has 0 bridgehead atoms. The number of carboxylic acids is 1. The highest BCUT2D eigenvalue weighted by atomic mass is 32.1. The standard InChI is InChI=1S/C17H13NO2S/c1-11-4-2-5-12(8-11)15-10-21-16(18-15)13-6-3-7-14(9-13)17(19)20/h2-10H,1H3,(H,19,20). The van der Waals surface area contributed by atoms with E-state index in [9.17, 15) is 4.79 Å².